The summed E-state index contributed by atoms with van der Waals surface area (Å²) in [5.74, 6) is -0.895. The van der Waals surface area contributed by atoms with Crippen LogP contribution in [0.3, 0.4) is 0 Å². The van der Waals surface area contributed by atoms with E-state index in [9.17, 15) is 26.4 Å². The number of Topliss-reactive ketones (excluding diaryl/α,β-unsaturated/α-hetero) is 2. The lowest BCUT2D eigenvalue weighted by atomic mass is 9.98. The van der Waals surface area contributed by atoms with Crippen molar-refractivity contribution in [2.75, 3.05) is 5.75 Å². The highest BCUT2D eigenvalue weighted by molar-refractivity contribution is 7.92. The van der Waals surface area contributed by atoms with Gasteiger partial charge in [0.15, 0.2) is 31.2 Å². The molecule has 1 unspecified atom stereocenters. The van der Waals surface area contributed by atoms with Gasteiger partial charge in [0.25, 0.3) is 0 Å². The molecule has 0 spiro atoms. The van der Waals surface area contributed by atoms with E-state index in [-0.39, 0.29) is 28.8 Å². The number of ketones is 2. The highest BCUT2D eigenvalue weighted by atomic mass is 32.2. The molecule has 0 aliphatic carbocycles. The zero-order valence-corrected chi connectivity index (χ0v) is 19.5. The van der Waals surface area contributed by atoms with Crippen molar-refractivity contribution in [3.8, 4) is 0 Å². The first kappa shape index (κ1) is 23.3. The standard InChI is InChI=1S/C12H14O3S.C11H12O3S/c1-3-9-4-5-10-7-16(14,15)8(2)12(13)11(10)6-9;1-2-8-3-4-9-6-15(13,14)7-11(12)10(9)5-8/h4-6,8H,3,7H2,1-2H3;3-5H,2,6-7H2,1H3. The van der Waals surface area contributed by atoms with Gasteiger partial charge in [-0.05, 0) is 54.2 Å². The second-order valence-corrected chi connectivity index (χ2v) is 12.3. The summed E-state index contributed by atoms with van der Waals surface area (Å²) in [6, 6.07) is 10.9. The number of sulfone groups is 2. The molecule has 8 heteroatoms. The van der Waals surface area contributed by atoms with E-state index < -0.39 is 24.9 Å². The minimum atomic E-state index is -3.29. The maximum absolute atomic E-state index is 11.9. The van der Waals surface area contributed by atoms with E-state index in [1.54, 1.807) is 12.1 Å². The number of benzene rings is 2. The molecule has 2 heterocycles. The quantitative estimate of drug-likeness (QED) is 0.679. The van der Waals surface area contributed by atoms with Crippen LogP contribution in [-0.2, 0) is 44.0 Å². The van der Waals surface area contributed by atoms with Crippen molar-refractivity contribution in [1.29, 1.82) is 0 Å². The van der Waals surface area contributed by atoms with Gasteiger partial charge in [0, 0.05) is 11.1 Å². The summed E-state index contributed by atoms with van der Waals surface area (Å²) in [7, 11) is -6.51. The lowest BCUT2D eigenvalue weighted by Crippen LogP contribution is -2.34. The first-order valence-corrected chi connectivity index (χ1v) is 13.7. The molecule has 31 heavy (non-hydrogen) atoms. The van der Waals surface area contributed by atoms with Crippen molar-refractivity contribution in [3.05, 3.63) is 69.8 Å². The first-order chi connectivity index (χ1) is 14.5. The van der Waals surface area contributed by atoms with Gasteiger partial charge in [-0.15, -0.1) is 0 Å². The Balaban J connectivity index is 0.000000176. The average molecular weight is 463 g/mol. The summed E-state index contributed by atoms with van der Waals surface area (Å²) < 4.78 is 46.1. The first-order valence-electron chi connectivity index (χ1n) is 10.2. The Hall–Kier alpha value is -2.32. The zero-order valence-electron chi connectivity index (χ0n) is 17.8. The predicted octanol–water partition coefficient (Wildman–Crippen LogP) is 3.11. The zero-order chi connectivity index (χ0) is 23.0. The van der Waals surface area contributed by atoms with Crippen LogP contribution in [-0.4, -0.2) is 39.4 Å². The van der Waals surface area contributed by atoms with Crippen molar-refractivity contribution >= 4 is 31.2 Å². The van der Waals surface area contributed by atoms with E-state index in [0.29, 0.717) is 22.3 Å². The van der Waals surface area contributed by atoms with Crippen LogP contribution < -0.4 is 0 Å². The molecule has 0 aromatic heterocycles. The molecule has 0 amide bonds. The highest BCUT2D eigenvalue weighted by Crippen LogP contribution is 2.26. The second-order valence-electron chi connectivity index (χ2n) is 7.96. The molecule has 0 saturated carbocycles. The molecular formula is C23H26O6S2. The van der Waals surface area contributed by atoms with Gasteiger partial charge < -0.3 is 0 Å². The van der Waals surface area contributed by atoms with Gasteiger partial charge in [-0.2, -0.15) is 0 Å². The van der Waals surface area contributed by atoms with Crippen molar-refractivity contribution < 1.29 is 26.4 Å². The molecule has 0 bridgehead atoms. The number of carbonyl (C=O) groups is 2. The lowest BCUT2D eigenvalue weighted by molar-refractivity contribution is 0.0986. The molecule has 4 rings (SSSR count). The molecule has 0 fully saturated rings. The summed E-state index contributed by atoms with van der Waals surface area (Å²) in [5.41, 5.74) is 4.59. The number of carbonyl (C=O) groups excluding carboxylic acids is 2. The highest BCUT2D eigenvalue weighted by Gasteiger charge is 2.35. The average Bonchev–Trinajstić information content (AvgIpc) is 2.71. The van der Waals surface area contributed by atoms with E-state index in [2.05, 4.69) is 0 Å². The van der Waals surface area contributed by atoms with Crippen LogP contribution in [0.15, 0.2) is 36.4 Å². The molecule has 0 saturated heterocycles. The molecule has 0 radical (unpaired) electrons. The smallest absolute Gasteiger partial charge is 0.181 e. The summed E-state index contributed by atoms with van der Waals surface area (Å²) in [6.45, 7) is 5.49. The van der Waals surface area contributed by atoms with Crippen molar-refractivity contribution in [2.24, 2.45) is 0 Å². The van der Waals surface area contributed by atoms with Crippen molar-refractivity contribution in [1.82, 2.24) is 0 Å². The Bertz CT molecular complexity index is 1260. The molecule has 0 N–H and O–H groups in total. The van der Waals surface area contributed by atoms with E-state index in [4.69, 9.17) is 0 Å². The molecule has 1 atom stereocenters. The summed E-state index contributed by atoms with van der Waals surface area (Å²) in [5, 5.41) is -0.896. The van der Waals surface area contributed by atoms with Crippen LogP contribution in [0, 0.1) is 0 Å². The van der Waals surface area contributed by atoms with Crippen LogP contribution in [0.2, 0.25) is 0 Å². The number of rotatable bonds is 2. The molecule has 2 aromatic carbocycles. The molecule has 166 valence electrons. The minimum Gasteiger partial charge on any atom is -0.293 e. The van der Waals surface area contributed by atoms with E-state index in [0.717, 1.165) is 24.0 Å². The Morgan fingerprint density at radius 3 is 1.84 bits per heavy atom. The molecule has 2 aliphatic heterocycles. The minimum absolute atomic E-state index is 0.00192. The van der Waals surface area contributed by atoms with Crippen LogP contribution in [0.25, 0.3) is 0 Å². The number of hydrogen-bond acceptors (Lipinski definition) is 6. The van der Waals surface area contributed by atoms with Crippen molar-refractivity contribution in [2.45, 2.75) is 50.4 Å². The topological polar surface area (TPSA) is 102 Å². The third-order valence-electron chi connectivity index (χ3n) is 5.72. The Kier molecular flexibility index (Phi) is 6.53. The van der Waals surface area contributed by atoms with Crippen LogP contribution in [0.5, 0.6) is 0 Å². The predicted molar refractivity (Wildman–Crippen MR) is 120 cm³/mol. The number of hydrogen-bond donors (Lipinski definition) is 0. The largest absolute Gasteiger partial charge is 0.293 e. The Morgan fingerprint density at radius 2 is 1.29 bits per heavy atom. The molecule has 6 nitrogen and oxygen atoms in total. The Labute approximate surface area is 183 Å². The van der Waals surface area contributed by atoms with Gasteiger partial charge in [0.05, 0.1) is 11.5 Å². The SMILES string of the molecule is CCc1ccc2c(c1)C(=O)C(C)S(=O)(=O)C2.CCc1ccc2c(c1)C(=O)CS(=O)(=O)C2. The number of aryl methyl sites for hydroxylation is 2. The summed E-state index contributed by atoms with van der Waals surface area (Å²) >= 11 is 0. The van der Waals surface area contributed by atoms with Gasteiger partial charge in [0.1, 0.15) is 11.0 Å². The van der Waals surface area contributed by atoms with Gasteiger partial charge in [-0.1, -0.05) is 38.1 Å². The Morgan fingerprint density at radius 1 is 0.774 bits per heavy atom. The maximum Gasteiger partial charge on any atom is 0.181 e. The number of fused-ring (bicyclic) bond motifs is 2. The molecule has 2 aliphatic rings. The van der Waals surface area contributed by atoms with E-state index in [1.807, 2.05) is 38.1 Å². The van der Waals surface area contributed by atoms with E-state index in [1.165, 1.54) is 6.92 Å². The fraction of sp³-hybridized carbons (Fsp3) is 0.391. The normalized spacial score (nSPS) is 20.8. The monoisotopic (exact) mass is 462 g/mol. The van der Waals surface area contributed by atoms with Crippen molar-refractivity contribution in [3.63, 3.8) is 0 Å². The fourth-order valence-electron chi connectivity index (χ4n) is 3.72. The van der Waals surface area contributed by atoms with Gasteiger partial charge in [-0.25, -0.2) is 16.8 Å². The second kappa shape index (κ2) is 8.67. The maximum atomic E-state index is 11.9. The lowest BCUT2D eigenvalue weighted by Gasteiger charge is -2.21. The third kappa shape index (κ3) is 4.96. The van der Waals surface area contributed by atoms with Gasteiger partial charge in [-0.3, -0.25) is 9.59 Å². The van der Waals surface area contributed by atoms with Crippen LogP contribution >= 0.6 is 0 Å². The van der Waals surface area contributed by atoms with Gasteiger partial charge >= 0.3 is 0 Å². The van der Waals surface area contributed by atoms with Crippen LogP contribution in [0.4, 0.5) is 0 Å². The van der Waals surface area contributed by atoms with Gasteiger partial charge in [0.2, 0.25) is 0 Å². The summed E-state index contributed by atoms with van der Waals surface area (Å²) in [4.78, 5) is 23.5. The summed E-state index contributed by atoms with van der Waals surface area (Å²) in [6.07, 6.45) is 1.70. The molecule has 2 aromatic rings. The fourth-order valence-corrected chi connectivity index (χ4v) is 6.49. The third-order valence-corrected chi connectivity index (χ3v) is 9.18. The van der Waals surface area contributed by atoms with E-state index >= 15 is 0 Å². The van der Waals surface area contributed by atoms with Crippen LogP contribution in [0.1, 0.15) is 63.7 Å². The molecular weight excluding hydrogens is 436 g/mol.